The number of hydrogen-bond donors (Lipinski definition) is 6. The molecule has 5 unspecified atom stereocenters. The van der Waals surface area contributed by atoms with Crippen molar-refractivity contribution in [3.8, 4) is 0 Å². The Balaban J connectivity index is 3.09. The summed E-state index contributed by atoms with van der Waals surface area (Å²) in [5, 5.41) is 26.0. The third-order valence-electron chi connectivity index (χ3n) is 5.57. The van der Waals surface area contributed by atoms with Crippen LogP contribution in [0.2, 0.25) is 0 Å². The third-order valence-corrected chi connectivity index (χ3v) is 5.57. The number of nitrogens with two attached hydrogens (primary N) is 1. The molecule has 0 aromatic heterocycles. The van der Waals surface area contributed by atoms with E-state index in [9.17, 15) is 24.3 Å². The zero-order valence-electron chi connectivity index (χ0n) is 20.3. The van der Waals surface area contributed by atoms with Gasteiger partial charge in [0.25, 0.3) is 0 Å². The molecule has 1 aromatic carbocycles. The van der Waals surface area contributed by atoms with E-state index in [1.54, 1.807) is 37.3 Å². The van der Waals surface area contributed by atoms with Gasteiger partial charge < -0.3 is 31.9 Å². The first-order valence-corrected chi connectivity index (χ1v) is 11.5. The molecule has 0 aliphatic rings. The zero-order valence-corrected chi connectivity index (χ0v) is 20.3. The number of amides is 3. The zero-order chi connectivity index (χ0) is 25.8. The average molecular weight is 479 g/mol. The lowest BCUT2D eigenvalue weighted by Crippen LogP contribution is -2.59. The highest BCUT2D eigenvalue weighted by molar-refractivity contribution is 5.94. The van der Waals surface area contributed by atoms with Crippen molar-refractivity contribution < 1.29 is 29.4 Å². The predicted molar refractivity (Wildman–Crippen MR) is 128 cm³/mol. The number of aliphatic hydroxyl groups is 1. The van der Waals surface area contributed by atoms with Crippen LogP contribution in [0.3, 0.4) is 0 Å². The van der Waals surface area contributed by atoms with Crippen LogP contribution in [0.4, 0.5) is 0 Å². The van der Waals surface area contributed by atoms with E-state index in [-0.39, 0.29) is 18.3 Å². The summed E-state index contributed by atoms with van der Waals surface area (Å²) < 4.78 is 0. The molecule has 0 heterocycles. The largest absolute Gasteiger partial charge is 0.480 e. The minimum atomic E-state index is -1.51. The monoisotopic (exact) mass is 478 g/mol. The van der Waals surface area contributed by atoms with Crippen LogP contribution >= 0.6 is 0 Å². The molecule has 0 saturated heterocycles. The first kappa shape index (κ1) is 29.1. The second-order valence-electron chi connectivity index (χ2n) is 8.94. The number of carboxylic acid groups (broad SMARTS) is 1. The molecule has 0 aliphatic heterocycles. The Hall–Kier alpha value is -2.98. The fourth-order valence-electron chi connectivity index (χ4n) is 3.36. The van der Waals surface area contributed by atoms with Gasteiger partial charge in [-0.1, -0.05) is 64.4 Å². The Morgan fingerprint density at radius 2 is 1.50 bits per heavy atom. The second-order valence-corrected chi connectivity index (χ2v) is 8.94. The van der Waals surface area contributed by atoms with Crippen LogP contribution in [0.5, 0.6) is 0 Å². The lowest BCUT2D eigenvalue weighted by atomic mass is 9.96. The predicted octanol–water partition coefficient (Wildman–Crippen LogP) is 0.180. The van der Waals surface area contributed by atoms with E-state index >= 15 is 0 Å². The maximum Gasteiger partial charge on any atom is 0.328 e. The Morgan fingerprint density at radius 1 is 0.912 bits per heavy atom. The van der Waals surface area contributed by atoms with E-state index in [4.69, 9.17) is 10.8 Å². The molecular weight excluding hydrogens is 440 g/mol. The SMILES string of the molecule is CCC(C)C(NC(=O)C(N)CC(C)C)C(=O)NC(Cc1ccccc1)C(=O)NC(CO)C(=O)O. The number of carboxylic acids is 1. The van der Waals surface area contributed by atoms with E-state index in [1.165, 1.54) is 0 Å². The molecule has 10 nitrogen and oxygen atoms in total. The summed E-state index contributed by atoms with van der Waals surface area (Å²) in [6.07, 6.45) is 1.13. The molecule has 5 atom stereocenters. The van der Waals surface area contributed by atoms with Crippen molar-refractivity contribution in [1.29, 1.82) is 0 Å². The van der Waals surface area contributed by atoms with Crippen molar-refractivity contribution >= 4 is 23.7 Å². The van der Waals surface area contributed by atoms with Gasteiger partial charge in [-0.15, -0.1) is 0 Å². The summed E-state index contributed by atoms with van der Waals surface area (Å²) in [5.74, 6) is -3.24. The number of carbonyl (C=O) groups is 4. The number of nitrogens with one attached hydrogen (secondary N) is 3. The molecule has 190 valence electrons. The fraction of sp³-hybridized carbons (Fsp3) is 0.583. The second kappa shape index (κ2) is 14.3. The van der Waals surface area contributed by atoms with Gasteiger partial charge in [0.15, 0.2) is 0 Å². The number of aliphatic hydroxyl groups excluding tert-OH is 1. The van der Waals surface area contributed by atoms with Crippen molar-refractivity contribution in [2.75, 3.05) is 6.61 Å². The molecule has 7 N–H and O–H groups in total. The van der Waals surface area contributed by atoms with Crippen LogP contribution < -0.4 is 21.7 Å². The van der Waals surface area contributed by atoms with Gasteiger partial charge in [-0.2, -0.15) is 0 Å². The topological polar surface area (TPSA) is 171 Å². The van der Waals surface area contributed by atoms with Crippen molar-refractivity contribution in [3.63, 3.8) is 0 Å². The molecule has 1 rings (SSSR count). The first-order chi connectivity index (χ1) is 16.0. The van der Waals surface area contributed by atoms with Crippen LogP contribution in [0.1, 0.15) is 46.1 Å². The summed E-state index contributed by atoms with van der Waals surface area (Å²) in [6.45, 7) is 6.76. The number of carbonyl (C=O) groups excluding carboxylic acids is 3. The Bertz CT molecular complexity index is 817. The summed E-state index contributed by atoms with van der Waals surface area (Å²) in [7, 11) is 0. The molecule has 3 amide bonds. The van der Waals surface area contributed by atoms with Crippen LogP contribution in [-0.4, -0.2) is 64.7 Å². The molecule has 34 heavy (non-hydrogen) atoms. The smallest absolute Gasteiger partial charge is 0.328 e. The minimum Gasteiger partial charge on any atom is -0.480 e. The maximum atomic E-state index is 13.2. The van der Waals surface area contributed by atoms with Crippen molar-refractivity contribution in [2.45, 2.75) is 71.1 Å². The van der Waals surface area contributed by atoms with E-state index in [2.05, 4.69) is 16.0 Å². The highest BCUT2D eigenvalue weighted by atomic mass is 16.4. The average Bonchev–Trinajstić information content (AvgIpc) is 2.79. The van der Waals surface area contributed by atoms with Crippen LogP contribution in [0.25, 0.3) is 0 Å². The summed E-state index contributed by atoms with van der Waals surface area (Å²) >= 11 is 0. The van der Waals surface area contributed by atoms with Crippen LogP contribution in [0.15, 0.2) is 30.3 Å². The molecule has 0 aliphatic carbocycles. The van der Waals surface area contributed by atoms with E-state index in [1.807, 2.05) is 20.8 Å². The Labute approximate surface area is 200 Å². The number of hydrogen-bond acceptors (Lipinski definition) is 6. The fourth-order valence-corrected chi connectivity index (χ4v) is 3.36. The Kier molecular flexibility index (Phi) is 12.2. The van der Waals surface area contributed by atoms with Gasteiger partial charge in [0.2, 0.25) is 17.7 Å². The van der Waals surface area contributed by atoms with Gasteiger partial charge in [0.05, 0.1) is 12.6 Å². The van der Waals surface area contributed by atoms with Crippen molar-refractivity contribution in [1.82, 2.24) is 16.0 Å². The molecule has 0 fully saturated rings. The van der Waals surface area contributed by atoms with Crippen molar-refractivity contribution in [2.24, 2.45) is 17.6 Å². The number of aliphatic carboxylic acids is 1. The highest BCUT2D eigenvalue weighted by Crippen LogP contribution is 2.11. The standard InChI is InChI=1S/C24H38N4O6/c1-5-15(4)20(28-21(30)17(25)11-14(2)3)23(32)26-18(12-16-9-7-6-8-10-16)22(31)27-19(13-29)24(33)34/h6-10,14-15,17-20,29H,5,11-13,25H2,1-4H3,(H,26,32)(H,27,31)(H,28,30)(H,33,34). The van der Waals surface area contributed by atoms with E-state index in [0.29, 0.717) is 12.8 Å². The van der Waals surface area contributed by atoms with Gasteiger partial charge >= 0.3 is 5.97 Å². The first-order valence-electron chi connectivity index (χ1n) is 11.5. The van der Waals surface area contributed by atoms with Gasteiger partial charge in [0, 0.05) is 6.42 Å². The summed E-state index contributed by atoms with van der Waals surface area (Å²) in [6, 6.07) is 4.54. The molecular formula is C24H38N4O6. The van der Waals surface area contributed by atoms with Crippen LogP contribution in [-0.2, 0) is 25.6 Å². The van der Waals surface area contributed by atoms with Gasteiger partial charge in [-0.3, -0.25) is 14.4 Å². The minimum absolute atomic E-state index is 0.0875. The highest BCUT2D eigenvalue weighted by Gasteiger charge is 2.32. The Morgan fingerprint density at radius 3 is 2.00 bits per heavy atom. The van der Waals surface area contributed by atoms with E-state index in [0.717, 1.165) is 5.56 Å². The lowest BCUT2D eigenvalue weighted by Gasteiger charge is -2.28. The maximum absolute atomic E-state index is 13.2. The van der Waals surface area contributed by atoms with E-state index < -0.39 is 54.5 Å². The normalized spacial score (nSPS) is 15.5. The summed E-state index contributed by atoms with van der Waals surface area (Å²) in [5.41, 5.74) is 6.71. The molecule has 0 radical (unpaired) electrons. The molecule has 0 bridgehead atoms. The molecule has 0 saturated carbocycles. The van der Waals surface area contributed by atoms with Gasteiger partial charge in [0.1, 0.15) is 18.1 Å². The van der Waals surface area contributed by atoms with Crippen molar-refractivity contribution in [3.05, 3.63) is 35.9 Å². The number of benzene rings is 1. The summed E-state index contributed by atoms with van der Waals surface area (Å²) in [4.78, 5) is 49.9. The number of rotatable bonds is 14. The van der Waals surface area contributed by atoms with Crippen LogP contribution in [0, 0.1) is 11.8 Å². The molecule has 1 aromatic rings. The molecule has 0 spiro atoms. The lowest BCUT2D eigenvalue weighted by molar-refractivity contribution is -0.143. The van der Waals surface area contributed by atoms with Gasteiger partial charge in [-0.25, -0.2) is 4.79 Å². The molecule has 10 heteroatoms. The third kappa shape index (κ3) is 9.48. The van der Waals surface area contributed by atoms with Gasteiger partial charge in [-0.05, 0) is 23.8 Å². The quantitative estimate of drug-likeness (QED) is 0.221.